The Labute approximate surface area is 222 Å². The Bertz CT molecular complexity index is 1350. The third-order valence-electron chi connectivity index (χ3n) is 7.65. The second kappa shape index (κ2) is 10.6. The van der Waals surface area contributed by atoms with Gasteiger partial charge in [-0.15, -0.1) is 0 Å². The zero-order chi connectivity index (χ0) is 25.2. The van der Waals surface area contributed by atoms with Crippen LogP contribution in [0.4, 0.5) is 0 Å². The summed E-state index contributed by atoms with van der Waals surface area (Å²) in [5.41, 5.74) is 6.82. The SMILES string of the molecule is CC(C)[C@@H]1COC(c2c3ccc(c2P(c2ccccc2)c2ccccc2)CCc2ccc(cc2)CC3)=N1. The summed E-state index contributed by atoms with van der Waals surface area (Å²) >= 11 is 0. The van der Waals surface area contributed by atoms with E-state index in [0.29, 0.717) is 12.5 Å². The second-order valence-corrected chi connectivity index (χ2v) is 12.6. The molecule has 3 heteroatoms. The second-order valence-electron chi connectivity index (χ2n) is 10.5. The molecule has 4 aromatic carbocycles. The minimum absolute atomic E-state index is 0.213. The molecule has 2 nitrogen and oxygen atoms in total. The lowest BCUT2D eigenvalue weighted by Gasteiger charge is -2.27. The van der Waals surface area contributed by atoms with Crippen molar-refractivity contribution in [2.75, 3.05) is 6.61 Å². The van der Waals surface area contributed by atoms with Crippen LogP contribution in [0.1, 0.15) is 41.7 Å². The van der Waals surface area contributed by atoms with E-state index in [1.807, 2.05) is 0 Å². The van der Waals surface area contributed by atoms with E-state index in [-0.39, 0.29) is 6.04 Å². The molecule has 5 aliphatic rings. The van der Waals surface area contributed by atoms with E-state index in [4.69, 9.17) is 9.73 Å². The fourth-order valence-corrected chi connectivity index (χ4v) is 8.13. The highest BCUT2D eigenvalue weighted by Crippen LogP contribution is 2.38. The summed E-state index contributed by atoms with van der Waals surface area (Å²) in [4.78, 5) is 5.21. The predicted molar refractivity (Wildman–Crippen MR) is 158 cm³/mol. The van der Waals surface area contributed by atoms with Gasteiger partial charge in [-0.3, -0.25) is 0 Å². The molecule has 0 unspecified atom stereocenters. The van der Waals surface area contributed by atoms with Crippen molar-refractivity contribution in [3.63, 3.8) is 0 Å². The molecule has 1 atom stereocenters. The zero-order valence-electron chi connectivity index (χ0n) is 21.7. The van der Waals surface area contributed by atoms with Gasteiger partial charge in [0.1, 0.15) is 6.61 Å². The largest absolute Gasteiger partial charge is 0.475 e. The first-order valence-electron chi connectivity index (χ1n) is 13.5. The van der Waals surface area contributed by atoms with Crippen LogP contribution in [0.25, 0.3) is 0 Å². The van der Waals surface area contributed by atoms with Gasteiger partial charge in [-0.2, -0.15) is 0 Å². The van der Waals surface area contributed by atoms with E-state index in [1.165, 1.54) is 43.7 Å². The van der Waals surface area contributed by atoms with Crippen molar-refractivity contribution in [2.24, 2.45) is 10.9 Å². The monoisotopic (exact) mass is 503 g/mol. The first kappa shape index (κ1) is 24.1. The summed E-state index contributed by atoms with van der Waals surface area (Å²) in [6.07, 6.45) is 4.02. The van der Waals surface area contributed by atoms with E-state index >= 15 is 0 Å². The number of ether oxygens (including phenoxy) is 1. The molecular weight excluding hydrogens is 469 g/mol. The smallest absolute Gasteiger partial charge is 0.217 e. The Morgan fingerprint density at radius 2 is 1.22 bits per heavy atom. The molecule has 4 aromatic rings. The normalized spacial score (nSPS) is 17.0. The van der Waals surface area contributed by atoms with Crippen molar-refractivity contribution in [1.29, 1.82) is 0 Å². The van der Waals surface area contributed by atoms with Gasteiger partial charge in [0, 0.05) is 10.9 Å². The average molecular weight is 504 g/mol. The van der Waals surface area contributed by atoms with Gasteiger partial charge < -0.3 is 4.74 Å². The maximum Gasteiger partial charge on any atom is 0.217 e. The molecule has 0 aromatic heterocycles. The summed E-state index contributed by atoms with van der Waals surface area (Å²) < 4.78 is 6.45. The topological polar surface area (TPSA) is 21.6 Å². The summed E-state index contributed by atoms with van der Waals surface area (Å²) in [5.74, 6) is 1.32. The Balaban J connectivity index is 1.61. The van der Waals surface area contributed by atoms with Gasteiger partial charge in [-0.25, -0.2) is 4.99 Å². The number of hydrogen-bond acceptors (Lipinski definition) is 2. The highest BCUT2D eigenvalue weighted by Gasteiger charge is 2.31. The van der Waals surface area contributed by atoms with Gasteiger partial charge in [0.15, 0.2) is 0 Å². The van der Waals surface area contributed by atoms with Gasteiger partial charge in [-0.05, 0) is 72.4 Å². The lowest BCUT2D eigenvalue weighted by molar-refractivity contribution is 0.292. The van der Waals surface area contributed by atoms with Gasteiger partial charge in [0.25, 0.3) is 0 Å². The van der Waals surface area contributed by atoms with Crippen LogP contribution in [-0.4, -0.2) is 18.5 Å². The maximum absolute atomic E-state index is 6.45. The molecule has 0 amide bonds. The van der Waals surface area contributed by atoms with Crippen molar-refractivity contribution in [3.8, 4) is 0 Å². The first-order valence-corrected chi connectivity index (χ1v) is 14.9. The Hall–Kier alpha value is -3.22. The minimum atomic E-state index is -0.783. The van der Waals surface area contributed by atoms with Crippen molar-refractivity contribution in [1.82, 2.24) is 0 Å². The van der Waals surface area contributed by atoms with Crippen LogP contribution >= 0.6 is 7.92 Å². The predicted octanol–water partition coefficient (Wildman–Crippen LogP) is 6.13. The van der Waals surface area contributed by atoms with Crippen LogP contribution in [0.3, 0.4) is 0 Å². The summed E-state index contributed by atoms with van der Waals surface area (Å²) in [6, 6.07) is 36.4. The Kier molecular flexibility index (Phi) is 6.94. The fourth-order valence-electron chi connectivity index (χ4n) is 5.44. The first-order chi connectivity index (χ1) is 18.2. The van der Waals surface area contributed by atoms with Crippen LogP contribution in [0.15, 0.2) is 102 Å². The van der Waals surface area contributed by atoms with E-state index < -0.39 is 7.92 Å². The molecular formula is C34H34NOP. The van der Waals surface area contributed by atoms with Crippen LogP contribution in [0.2, 0.25) is 0 Å². The average Bonchev–Trinajstić information content (AvgIpc) is 3.42. The third kappa shape index (κ3) is 5.00. The number of rotatable bonds is 5. The minimum Gasteiger partial charge on any atom is -0.475 e. The van der Waals surface area contributed by atoms with Crippen molar-refractivity contribution in [3.05, 3.63) is 125 Å². The van der Waals surface area contributed by atoms with Crippen LogP contribution < -0.4 is 15.9 Å². The van der Waals surface area contributed by atoms with Gasteiger partial charge in [0.05, 0.1) is 6.04 Å². The van der Waals surface area contributed by atoms with Crippen molar-refractivity contribution in [2.45, 2.75) is 45.6 Å². The van der Waals surface area contributed by atoms with E-state index in [1.54, 1.807) is 0 Å². The molecule has 0 radical (unpaired) electrons. The lowest BCUT2D eigenvalue weighted by atomic mass is 9.93. The molecule has 1 aliphatic heterocycles. The van der Waals surface area contributed by atoms with Crippen LogP contribution in [0, 0.1) is 5.92 Å². The lowest BCUT2D eigenvalue weighted by Crippen LogP contribution is -2.30. The molecule has 0 fully saturated rings. The highest BCUT2D eigenvalue weighted by molar-refractivity contribution is 7.80. The van der Waals surface area contributed by atoms with Crippen LogP contribution in [0.5, 0.6) is 0 Å². The molecule has 9 rings (SSSR count). The van der Waals surface area contributed by atoms with Crippen molar-refractivity contribution >= 4 is 29.7 Å². The summed E-state index contributed by atoms with van der Waals surface area (Å²) in [5, 5.41) is 4.18. The number of benzene rings is 4. The molecule has 0 spiro atoms. The standard InChI is InChI=1S/C34H34NOP/c1-24(2)31-23-36-34(35-31)32-27-19-17-25-13-15-26(16-14-25)18-20-28(22-21-27)33(32)37(29-9-5-3-6-10-29)30-11-7-4-8-12-30/h3-16,21-22,24,31H,17-20,23H2,1-2H3/t31-/m0/s1. The Morgan fingerprint density at radius 3 is 1.76 bits per heavy atom. The van der Waals surface area contributed by atoms with Crippen molar-refractivity contribution < 1.29 is 4.74 Å². The van der Waals surface area contributed by atoms with Gasteiger partial charge in [-0.1, -0.05) is 111 Å². The molecule has 0 saturated heterocycles. The molecule has 0 N–H and O–H groups in total. The molecule has 1 heterocycles. The van der Waals surface area contributed by atoms with E-state index in [0.717, 1.165) is 31.6 Å². The zero-order valence-corrected chi connectivity index (χ0v) is 22.6. The summed E-state index contributed by atoms with van der Waals surface area (Å²) in [6.45, 7) is 5.16. The van der Waals surface area contributed by atoms with E-state index in [9.17, 15) is 0 Å². The molecule has 186 valence electrons. The van der Waals surface area contributed by atoms with Gasteiger partial charge >= 0.3 is 0 Å². The molecule has 4 bridgehead atoms. The third-order valence-corrected chi connectivity index (χ3v) is 10.2. The number of nitrogens with zero attached hydrogens (tertiary/aromatic N) is 1. The fraction of sp³-hybridized carbons (Fsp3) is 0.265. The number of aliphatic imine (C=N–C) groups is 1. The summed E-state index contributed by atoms with van der Waals surface area (Å²) in [7, 11) is -0.783. The maximum atomic E-state index is 6.45. The van der Waals surface area contributed by atoms with Crippen LogP contribution in [-0.2, 0) is 30.4 Å². The Morgan fingerprint density at radius 1 is 0.676 bits per heavy atom. The molecule has 37 heavy (non-hydrogen) atoms. The number of aryl methyl sites for hydroxylation is 4. The van der Waals surface area contributed by atoms with Gasteiger partial charge in [0.2, 0.25) is 5.90 Å². The van der Waals surface area contributed by atoms with E-state index in [2.05, 4.69) is 111 Å². The quantitative estimate of drug-likeness (QED) is 0.300. The highest BCUT2D eigenvalue weighted by atomic mass is 31.1. The number of hydrogen-bond donors (Lipinski definition) is 0. The molecule has 0 saturated carbocycles. The molecule has 4 aliphatic carbocycles.